The molecule has 154 valence electrons. The van der Waals surface area contributed by atoms with Crippen LogP contribution in [-0.4, -0.2) is 30.4 Å². The van der Waals surface area contributed by atoms with Gasteiger partial charge in [-0.1, -0.05) is 18.2 Å². The number of benzene rings is 2. The molecule has 0 aliphatic carbocycles. The van der Waals surface area contributed by atoms with Crippen molar-refractivity contribution in [3.8, 4) is 5.75 Å². The first-order valence-electron chi connectivity index (χ1n) is 8.54. The molecule has 0 spiro atoms. The lowest BCUT2D eigenvalue weighted by Crippen LogP contribution is -2.41. The van der Waals surface area contributed by atoms with Crippen LogP contribution >= 0.6 is 0 Å². The molecule has 4 nitrogen and oxygen atoms in total. The minimum absolute atomic E-state index is 0.0391. The molecule has 0 radical (unpaired) electrons. The first-order chi connectivity index (χ1) is 13.1. The lowest BCUT2D eigenvalue weighted by Gasteiger charge is -2.19. The van der Waals surface area contributed by atoms with Gasteiger partial charge >= 0.3 is 6.18 Å². The Balaban J connectivity index is 1.72. The zero-order valence-electron chi connectivity index (χ0n) is 14.8. The number of hydrogen-bond acceptors (Lipinski definition) is 4. The number of hydrogen-bond donors (Lipinski definition) is 3. The molecule has 0 saturated carbocycles. The molecule has 0 aliphatic heterocycles. The highest BCUT2D eigenvalue weighted by molar-refractivity contribution is 5.25. The summed E-state index contributed by atoms with van der Waals surface area (Å²) < 4.78 is 69.3. The van der Waals surface area contributed by atoms with E-state index in [1.54, 1.807) is 6.07 Å². The Morgan fingerprint density at radius 1 is 1.07 bits per heavy atom. The second-order valence-corrected chi connectivity index (χ2v) is 6.31. The van der Waals surface area contributed by atoms with Crippen LogP contribution in [0.15, 0.2) is 42.5 Å². The third-order valence-electron chi connectivity index (χ3n) is 3.97. The van der Waals surface area contributed by atoms with E-state index in [0.29, 0.717) is 18.2 Å². The molecule has 0 aliphatic rings. The average Bonchev–Trinajstić information content (AvgIpc) is 2.62. The van der Waals surface area contributed by atoms with Gasteiger partial charge in [-0.05, 0) is 24.6 Å². The zero-order chi connectivity index (χ0) is 20.7. The molecular formula is C19H21F5N2O2. The van der Waals surface area contributed by atoms with Gasteiger partial charge in [0, 0.05) is 24.7 Å². The Morgan fingerprint density at radius 2 is 1.75 bits per heavy atom. The number of nitrogens with two attached hydrogens (primary N) is 1. The fourth-order valence-corrected chi connectivity index (χ4v) is 2.47. The van der Waals surface area contributed by atoms with E-state index in [4.69, 9.17) is 10.5 Å². The number of nitrogens with one attached hydrogen (secondary N) is 1. The molecule has 0 aromatic heterocycles. The molecule has 0 saturated heterocycles. The van der Waals surface area contributed by atoms with E-state index in [0.717, 1.165) is 24.3 Å². The third kappa shape index (κ3) is 7.06. The van der Waals surface area contributed by atoms with Crippen LogP contribution in [0.3, 0.4) is 0 Å². The minimum Gasteiger partial charge on any atom is -0.492 e. The van der Waals surface area contributed by atoms with Gasteiger partial charge in [0.25, 0.3) is 0 Å². The lowest BCUT2D eigenvalue weighted by molar-refractivity contribution is -0.137. The van der Waals surface area contributed by atoms with E-state index in [1.807, 2.05) is 0 Å². The van der Waals surface area contributed by atoms with Gasteiger partial charge in [-0.2, -0.15) is 13.2 Å². The maximum absolute atomic E-state index is 13.1. The van der Waals surface area contributed by atoms with Gasteiger partial charge in [0.05, 0.1) is 17.7 Å². The van der Waals surface area contributed by atoms with E-state index in [-0.39, 0.29) is 25.3 Å². The molecule has 2 rings (SSSR count). The van der Waals surface area contributed by atoms with Crippen molar-refractivity contribution in [2.45, 2.75) is 31.3 Å². The number of alkyl halides is 3. The van der Waals surface area contributed by atoms with Crippen LogP contribution in [0.5, 0.6) is 5.75 Å². The number of aliphatic hydroxyl groups excluding tert-OH is 1. The van der Waals surface area contributed by atoms with Crippen LogP contribution in [0.25, 0.3) is 0 Å². The Kier molecular flexibility index (Phi) is 7.73. The van der Waals surface area contributed by atoms with Crippen LogP contribution in [-0.2, 0) is 12.7 Å². The highest BCUT2D eigenvalue weighted by atomic mass is 19.4. The molecule has 0 bridgehead atoms. The fraction of sp³-hybridized carbons (Fsp3) is 0.368. The molecule has 2 aromatic carbocycles. The predicted octanol–water partition coefficient (Wildman–Crippen LogP) is 3.23. The van der Waals surface area contributed by atoms with Crippen LogP contribution < -0.4 is 15.8 Å². The van der Waals surface area contributed by atoms with E-state index in [9.17, 15) is 27.1 Å². The predicted molar refractivity (Wildman–Crippen MR) is 93.6 cm³/mol. The maximum atomic E-state index is 13.1. The SMILES string of the molecule is N[C@@H](COc1cc(F)cc(F)c1)[C@@H](O)CCNCc1cccc(C(F)(F)F)c1. The summed E-state index contributed by atoms with van der Waals surface area (Å²) in [5.41, 5.74) is 5.53. The average molecular weight is 404 g/mol. The summed E-state index contributed by atoms with van der Waals surface area (Å²) in [5.74, 6) is -1.62. The molecule has 4 N–H and O–H groups in total. The van der Waals surface area contributed by atoms with Crippen molar-refractivity contribution < 1.29 is 31.8 Å². The number of halogens is 5. The summed E-state index contributed by atoms with van der Waals surface area (Å²) in [6.07, 6.45) is -5.14. The lowest BCUT2D eigenvalue weighted by atomic mass is 10.1. The van der Waals surface area contributed by atoms with Crippen molar-refractivity contribution in [2.24, 2.45) is 5.73 Å². The summed E-state index contributed by atoms with van der Waals surface area (Å²) >= 11 is 0. The maximum Gasteiger partial charge on any atom is 0.416 e. The topological polar surface area (TPSA) is 67.5 Å². The summed E-state index contributed by atoms with van der Waals surface area (Å²) in [4.78, 5) is 0. The van der Waals surface area contributed by atoms with E-state index in [1.165, 1.54) is 6.07 Å². The van der Waals surface area contributed by atoms with Crippen molar-refractivity contribution in [2.75, 3.05) is 13.2 Å². The molecule has 0 unspecified atom stereocenters. The van der Waals surface area contributed by atoms with Crippen molar-refractivity contribution >= 4 is 0 Å². The summed E-state index contributed by atoms with van der Waals surface area (Å²) in [6.45, 7) is 0.350. The standard InChI is InChI=1S/C19H21F5N2O2/c20-14-7-15(21)9-16(8-14)28-11-17(25)18(27)4-5-26-10-12-2-1-3-13(6-12)19(22,23)24/h1-3,6-9,17-18,26-27H,4-5,10-11,25H2/t17-,18-/m0/s1. The van der Waals surface area contributed by atoms with E-state index < -0.39 is 35.5 Å². The normalized spacial score (nSPS) is 14.0. The van der Waals surface area contributed by atoms with Gasteiger partial charge < -0.3 is 20.9 Å². The smallest absolute Gasteiger partial charge is 0.416 e. The Bertz CT molecular complexity index is 750. The summed E-state index contributed by atoms with van der Waals surface area (Å²) in [6, 6.07) is 6.85. The van der Waals surface area contributed by atoms with Gasteiger partial charge in [0.1, 0.15) is 24.0 Å². The molecule has 2 aromatic rings. The molecule has 2 atom stereocenters. The second-order valence-electron chi connectivity index (χ2n) is 6.31. The number of aliphatic hydroxyl groups is 1. The largest absolute Gasteiger partial charge is 0.492 e. The summed E-state index contributed by atoms with van der Waals surface area (Å²) in [7, 11) is 0. The highest BCUT2D eigenvalue weighted by Gasteiger charge is 2.30. The summed E-state index contributed by atoms with van der Waals surface area (Å²) in [5, 5.41) is 12.9. The van der Waals surface area contributed by atoms with Crippen LogP contribution in [0.2, 0.25) is 0 Å². The van der Waals surface area contributed by atoms with Crippen LogP contribution in [0.1, 0.15) is 17.5 Å². The number of rotatable bonds is 9. The second kappa shape index (κ2) is 9.81. The van der Waals surface area contributed by atoms with Crippen LogP contribution in [0, 0.1) is 11.6 Å². The van der Waals surface area contributed by atoms with E-state index in [2.05, 4.69) is 5.32 Å². The highest BCUT2D eigenvalue weighted by Crippen LogP contribution is 2.29. The van der Waals surface area contributed by atoms with Gasteiger partial charge in [-0.25, -0.2) is 8.78 Å². The van der Waals surface area contributed by atoms with Gasteiger partial charge in [-0.3, -0.25) is 0 Å². The first kappa shape index (κ1) is 22.1. The van der Waals surface area contributed by atoms with Gasteiger partial charge in [0.2, 0.25) is 0 Å². The van der Waals surface area contributed by atoms with Crippen LogP contribution in [0.4, 0.5) is 22.0 Å². The first-order valence-corrected chi connectivity index (χ1v) is 8.54. The van der Waals surface area contributed by atoms with Crippen molar-refractivity contribution in [1.29, 1.82) is 0 Å². The third-order valence-corrected chi connectivity index (χ3v) is 3.97. The van der Waals surface area contributed by atoms with Crippen molar-refractivity contribution in [3.63, 3.8) is 0 Å². The van der Waals surface area contributed by atoms with Gasteiger partial charge in [-0.15, -0.1) is 0 Å². The molecule has 9 heteroatoms. The molecule has 28 heavy (non-hydrogen) atoms. The molecular weight excluding hydrogens is 383 g/mol. The van der Waals surface area contributed by atoms with Crippen molar-refractivity contribution in [1.82, 2.24) is 5.32 Å². The molecule has 0 amide bonds. The quantitative estimate of drug-likeness (QED) is 0.444. The minimum atomic E-state index is -4.40. The van der Waals surface area contributed by atoms with E-state index >= 15 is 0 Å². The Labute approximate surface area is 159 Å². The Morgan fingerprint density at radius 3 is 2.39 bits per heavy atom. The fourth-order valence-electron chi connectivity index (χ4n) is 2.47. The monoisotopic (exact) mass is 404 g/mol. The van der Waals surface area contributed by atoms with Crippen molar-refractivity contribution in [3.05, 3.63) is 65.2 Å². The molecule has 0 fully saturated rings. The molecule has 0 heterocycles. The van der Waals surface area contributed by atoms with Gasteiger partial charge in [0.15, 0.2) is 0 Å². The zero-order valence-corrected chi connectivity index (χ0v) is 14.8. The number of ether oxygens (including phenoxy) is 1. The Hall–Kier alpha value is -2.23.